The van der Waals surface area contributed by atoms with E-state index in [0.717, 1.165) is 16.5 Å². The molecule has 0 aliphatic carbocycles. The molecule has 1 N–H and O–H groups in total. The number of hydrogen-bond acceptors (Lipinski definition) is 6. The normalized spacial score (nSPS) is 15.2. The van der Waals surface area contributed by atoms with Gasteiger partial charge < -0.3 is 29.2 Å². The monoisotopic (exact) mass is 668 g/mol. The molecule has 9 nitrogen and oxygen atoms in total. The van der Waals surface area contributed by atoms with Crippen molar-refractivity contribution < 1.29 is 50.2 Å². The summed E-state index contributed by atoms with van der Waals surface area (Å²) in [5.41, 5.74) is 2.00. The summed E-state index contributed by atoms with van der Waals surface area (Å²) in [5.74, 6) is -3.56. The van der Waals surface area contributed by atoms with E-state index < -0.39 is 47.8 Å². The van der Waals surface area contributed by atoms with E-state index in [2.05, 4.69) is 14.8 Å². The maximum atomic E-state index is 13.2. The van der Waals surface area contributed by atoms with Crippen LogP contribution in [0.25, 0.3) is 22.4 Å². The van der Waals surface area contributed by atoms with Crippen LogP contribution in [0.5, 0.6) is 5.75 Å². The minimum atomic E-state index is -5.37. The number of halogens is 6. The van der Waals surface area contributed by atoms with Gasteiger partial charge in [0.25, 0.3) is 5.91 Å². The largest absolute Gasteiger partial charge is 0.573 e. The van der Waals surface area contributed by atoms with Crippen molar-refractivity contribution in [3.63, 3.8) is 0 Å². The Morgan fingerprint density at radius 3 is 2.19 bits per heavy atom. The lowest BCUT2D eigenvalue weighted by Gasteiger charge is -2.36. The lowest BCUT2D eigenvalue weighted by atomic mass is 9.99. The average Bonchev–Trinajstić information content (AvgIpc) is 3.34. The quantitative estimate of drug-likeness (QED) is 0.162. The van der Waals surface area contributed by atoms with E-state index in [9.17, 15) is 40.7 Å². The first-order valence-electron chi connectivity index (χ1n) is 14.5. The van der Waals surface area contributed by atoms with Gasteiger partial charge in [-0.15, -0.1) is 13.2 Å². The summed E-state index contributed by atoms with van der Waals surface area (Å²) in [6.45, 7) is 5.21. The molecule has 0 radical (unpaired) electrons. The molecule has 1 aliphatic heterocycles. The molecule has 1 aliphatic rings. The smallest absolute Gasteiger partial charge is 0.406 e. The Labute approximate surface area is 267 Å². The number of carbonyl (C=O) groups is 3. The topological polar surface area (TPSA) is 93.1 Å². The van der Waals surface area contributed by atoms with Crippen molar-refractivity contribution in [3.05, 3.63) is 65.9 Å². The highest BCUT2D eigenvalue weighted by Crippen LogP contribution is 2.41. The van der Waals surface area contributed by atoms with E-state index in [-0.39, 0.29) is 25.2 Å². The van der Waals surface area contributed by atoms with Crippen molar-refractivity contribution in [1.82, 2.24) is 19.7 Å². The van der Waals surface area contributed by atoms with Gasteiger partial charge in [-0.1, -0.05) is 36.4 Å². The van der Waals surface area contributed by atoms with Crippen LogP contribution < -0.4 is 10.1 Å². The molecule has 0 spiro atoms. The number of alkyl halides is 6. The number of benzene rings is 2. The number of rotatable bonds is 8. The third-order valence-corrected chi connectivity index (χ3v) is 7.36. The van der Waals surface area contributed by atoms with Crippen molar-refractivity contribution in [2.24, 2.45) is 0 Å². The molecule has 254 valence electrons. The fraction of sp³-hybridized carbons (Fsp3) is 0.406. The number of aromatic nitrogens is 1. The predicted octanol–water partition coefficient (Wildman–Crippen LogP) is 6.78. The molecule has 0 bridgehead atoms. The van der Waals surface area contributed by atoms with Gasteiger partial charge in [0.2, 0.25) is 0 Å². The molecule has 1 aromatic heterocycles. The van der Waals surface area contributed by atoms with Gasteiger partial charge in [-0.2, -0.15) is 13.2 Å². The van der Waals surface area contributed by atoms with Crippen LogP contribution in [0, 0.1) is 0 Å². The summed E-state index contributed by atoms with van der Waals surface area (Å²) in [6.07, 6.45) is -11.7. The fourth-order valence-corrected chi connectivity index (χ4v) is 5.38. The Balaban J connectivity index is 1.79. The van der Waals surface area contributed by atoms with E-state index in [1.54, 1.807) is 37.5 Å². The van der Waals surface area contributed by atoms with Gasteiger partial charge in [-0.3, -0.25) is 4.79 Å². The first-order valence-corrected chi connectivity index (χ1v) is 14.5. The van der Waals surface area contributed by atoms with Crippen molar-refractivity contribution in [2.75, 3.05) is 27.2 Å². The minimum absolute atomic E-state index is 0.0669. The van der Waals surface area contributed by atoms with Crippen LogP contribution in [0.1, 0.15) is 49.3 Å². The van der Waals surface area contributed by atoms with Crippen LogP contribution in [0.4, 0.5) is 31.1 Å². The summed E-state index contributed by atoms with van der Waals surface area (Å²) in [5, 5.41) is 2.77. The summed E-state index contributed by atoms with van der Waals surface area (Å²) in [7, 11) is 3.81. The molecule has 0 saturated heterocycles. The number of ether oxygens (including phenoxy) is 2. The highest BCUT2D eigenvalue weighted by molar-refractivity contribution is 5.98. The van der Waals surface area contributed by atoms with E-state index in [1.165, 1.54) is 12.1 Å². The van der Waals surface area contributed by atoms with Crippen molar-refractivity contribution in [1.29, 1.82) is 0 Å². The molecule has 2 heterocycles. The summed E-state index contributed by atoms with van der Waals surface area (Å²) < 4.78 is 87.7. The van der Waals surface area contributed by atoms with Gasteiger partial charge in [-0.25, -0.2) is 9.59 Å². The van der Waals surface area contributed by atoms with Crippen LogP contribution in [0.15, 0.2) is 54.6 Å². The third kappa shape index (κ3) is 8.64. The van der Waals surface area contributed by atoms with Crippen LogP contribution in [-0.4, -0.2) is 77.6 Å². The maximum Gasteiger partial charge on any atom is 0.573 e. The number of amides is 2. The molecule has 2 amide bonds. The third-order valence-electron chi connectivity index (χ3n) is 7.36. The van der Waals surface area contributed by atoms with Gasteiger partial charge in [0.05, 0.1) is 11.7 Å². The van der Waals surface area contributed by atoms with Gasteiger partial charge in [0.1, 0.15) is 11.4 Å². The summed E-state index contributed by atoms with van der Waals surface area (Å²) in [4.78, 5) is 40.3. The Bertz CT molecular complexity index is 1620. The lowest BCUT2D eigenvalue weighted by Crippen LogP contribution is -2.49. The Hall–Kier alpha value is -4.53. The molecule has 0 unspecified atom stereocenters. The number of nitrogens with zero attached hydrogens (tertiary/aromatic N) is 3. The molecule has 0 saturated carbocycles. The van der Waals surface area contributed by atoms with Crippen LogP contribution in [0.2, 0.25) is 0 Å². The van der Waals surface area contributed by atoms with Crippen molar-refractivity contribution in [2.45, 2.75) is 57.9 Å². The van der Waals surface area contributed by atoms with Crippen LogP contribution in [-0.2, 0) is 16.1 Å². The Morgan fingerprint density at radius 1 is 0.957 bits per heavy atom. The zero-order valence-corrected chi connectivity index (χ0v) is 26.3. The minimum Gasteiger partial charge on any atom is -0.406 e. The van der Waals surface area contributed by atoms with E-state index in [1.807, 2.05) is 43.3 Å². The zero-order valence-electron chi connectivity index (χ0n) is 26.3. The molecule has 2 aromatic carbocycles. The first-order chi connectivity index (χ1) is 21.7. The maximum absolute atomic E-state index is 13.2. The summed E-state index contributed by atoms with van der Waals surface area (Å²) in [6, 6.07) is 13.7. The van der Waals surface area contributed by atoms with E-state index in [4.69, 9.17) is 0 Å². The number of esters is 1. The number of fused-ring (bicyclic) bond motifs is 1. The van der Waals surface area contributed by atoms with Gasteiger partial charge in [0.15, 0.2) is 0 Å². The van der Waals surface area contributed by atoms with Gasteiger partial charge in [-0.05, 0) is 76.2 Å². The second kappa shape index (κ2) is 13.3. The van der Waals surface area contributed by atoms with E-state index >= 15 is 0 Å². The average molecular weight is 669 g/mol. The second-order valence-corrected chi connectivity index (χ2v) is 12.3. The molecule has 3 aromatic rings. The Kier molecular flexibility index (Phi) is 9.99. The summed E-state index contributed by atoms with van der Waals surface area (Å²) >= 11 is 0. The molecular formula is C32H34F6N4O5. The molecular weight excluding hydrogens is 634 g/mol. The SMILES string of the molecule is CN(C)Cc1ccc(-c2c(-c3cccc(OC(F)(F)F)c3)cc3n2[C@@H](CCN(C(=O)OC(=O)C(F)(F)F)C(C)(C)C)CNC3=O)cc1. The molecule has 15 heteroatoms. The fourth-order valence-electron chi connectivity index (χ4n) is 5.38. The first kappa shape index (κ1) is 35.3. The Morgan fingerprint density at radius 2 is 1.62 bits per heavy atom. The molecule has 4 rings (SSSR count). The van der Waals surface area contributed by atoms with Gasteiger partial charge in [0, 0.05) is 30.7 Å². The molecule has 47 heavy (non-hydrogen) atoms. The van der Waals surface area contributed by atoms with Gasteiger partial charge >= 0.3 is 24.6 Å². The highest BCUT2D eigenvalue weighted by atomic mass is 19.4. The van der Waals surface area contributed by atoms with Crippen LogP contribution in [0.3, 0.4) is 0 Å². The molecule has 1 atom stereocenters. The van der Waals surface area contributed by atoms with Crippen LogP contribution >= 0.6 is 0 Å². The molecule has 0 fully saturated rings. The number of nitrogens with one attached hydrogen (secondary N) is 1. The lowest BCUT2D eigenvalue weighted by molar-refractivity contribution is -0.274. The van der Waals surface area contributed by atoms with Crippen molar-refractivity contribution >= 4 is 18.0 Å². The highest BCUT2D eigenvalue weighted by Gasteiger charge is 2.44. The number of hydrogen-bond donors (Lipinski definition) is 1. The predicted molar refractivity (Wildman–Crippen MR) is 159 cm³/mol. The standard InChI is InChI=1S/C32H34F6N4O5/c1-30(2,3)41(29(45)46-28(44)31(33,34)35)14-13-22-17-39-27(43)25-16-24(21-7-6-8-23(15-21)47-32(36,37)38)26(42(22)25)20-11-9-19(10-12-20)18-40(4)5/h6-12,15-16,22H,13-14,17-18H2,1-5H3,(H,39,43)/t22-/m0/s1. The number of carbonyl (C=O) groups excluding carboxylic acids is 3. The van der Waals surface area contributed by atoms with Crippen molar-refractivity contribution in [3.8, 4) is 28.1 Å². The van der Waals surface area contributed by atoms with E-state index in [0.29, 0.717) is 28.9 Å². The second-order valence-electron chi connectivity index (χ2n) is 12.3. The zero-order chi connectivity index (χ0) is 34.9.